The van der Waals surface area contributed by atoms with Crippen LogP contribution in [0.5, 0.6) is 0 Å². The molecular weight excluding hydrogens is 254 g/mol. The van der Waals surface area contributed by atoms with Gasteiger partial charge in [0.25, 0.3) is 0 Å². The summed E-state index contributed by atoms with van der Waals surface area (Å²) in [5.41, 5.74) is 3.97. The number of aryl methyl sites for hydroxylation is 2. The molecule has 2 heteroatoms. The average molecular weight is 270 g/mol. The molecule has 0 amide bonds. The summed E-state index contributed by atoms with van der Waals surface area (Å²) in [4.78, 5) is 0. The van der Waals surface area contributed by atoms with Crippen LogP contribution >= 0.6 is 0 Å². The molecule has 0 aliphatic carbocycles. The lowest BCUT2D eigenvalue weighted by Crippen LogP contribution is -2.02. The van der Waals surface area contributed by atoms with Crippen molar-refractivity contribution in [3.8, 4) is 12.3 Å². The number of benzene rings is 2. The molecule has 0 saturated heterocycles. The highest BCUT2D eigenvalue weighted by Crippen LogP contribution is 2.23. The van der Waals surface area contributed by atoms with Crippen molar-refractivity contribution in [2.75, 3.05) is 0 Å². The molecule has 0 aromatic heterocycles. The number of rotatable bonds is 3. The fourth-order valence-corrected chi connectivity index (χ4v) is 2.22. The molecule has 0 nitrogen and oxygen atoms in total. The van der Waals surface area contributed by atoms with E-state index in [2.05, 4.69) is 12.0 Å². The van der Waals surface area contributed by atoms with Gasteiger partial charge in [-0.2, -0.15) is 0 Å². The Labute approximate surface area is 118 Å². The minimum absolute atomic E-state index is 0.331. The lowest BCUT2D eigenvalue weighted by Gasteiger charge is -2.13. The quantitative estimate of drug-likeness (QED) is 0.718. The largest absolute Gasteiger partial charge is 0.207 e. The van der Waals surface area contributed by atoms with Crippen molar-refractivity contribution in [3.63, 3.8) is 0 Å². The van der Waals surface area contributed by atoms with E-state index in [0.717, 1.165) is 11.6 Å². The highest BCUT2D eigenvalue weighted by molar-refractivity contribution is 5.34. The second-order valence-corrected chi connectivity index (χ2v) is 5.04. The van der Waals surface area contributed by atoms with Crippen LogP contribution in [0.15, 0.2) is 36.4 Å². The van der Waals surface area contributed by atoms with Gasteiger partial charge in [-0.15, -0.1) is 6.42 Å². The molecule has 20 heavy (non-hydrogen) atoms. The van der Waals surface area contributed by atoms with Gasteiger partial charge in [0.1, 0.15) is 11.6 Å². The van der Waals surface area contributed by atoms with E-state index in [4.69, 9.17) is 6.42 Å². The first-order chi connectivity index (χ1) is 9.49. The molecule has 0 N–H and O–H groups in total. The van der Waals surface area contributed by atoms with Gasteiger partial charge in [-0.3, -0.25) is 0 Å². The first kappa shape index (κ1) is 14.3. The van der Waals surface area contributed by atoms with Gasteiger partial charge in [-0.1, -0.05) is 24.1 Å². The van der Waals surface area contributed by atoms with Crippen LogP contribution in [0.1, 0.15) is 28.2 Å². The molecular formula is C18H16F2. The Kier molecular flexibility index (Phi) is 4.20. The van der Waals surface area contributed by atoms with E-state index < -0.39 is 11.6 Å². The van der Waals surface area contributed by atoms with Gasteiger partial charge in [0.15, 0.2) is 0 Å². The van der Waals surface area contributed by atoms with E-state index in [1.54, 1.807) is 0 Å². The third-order valence-corrected chi connectivity index (χ3v) is 3.50. The summed E-state index contributed by atoms with van der Waals surface area (Å²) >= 11 is 0. The van der Waals surface area contributed by atoms with Crippen LogP contribution in [0, 0.1) is 37.8 Å². The molecule has 2 aromatic carbocycles. The summed E-state index contributed by atoms with van der Waals surface area (Å²) in [6.45, 7) is 4.07. The minimum Gasteiger partial charge on any atom is -0.207 e. The van der Waals surface area contributed by atoms with Gasteiger partial charge < -0.3 is 0 Å². The maximum atomic E-state index is 13.3. The Hall–Kier alpha value is -2.14. The molecule has 0 saturated carbocycles. The summed E-state index contributed by atoms with van der Waals surface area (Å²) in [5.74, 6) is 1.10. The molecule has 0 fully saturated rings. The van der Waals surface area contributed by atoms with Crippen LogP contribution in [0.4, 0.5) is 8.78 Å². The van der Waals surface area contributed by atoms with Crippen LogP contribution in [0.3, 0.4) is 0 Å². The first-order valence-corrected chi connectivity index (χ1v) is 6.48. The average Bonchev–Trinajstić information content (AvgIpc) is 2.38. The number of halogens is 2. The highest BCUT2D eigenvalue weighted by Gasteiger charge is 2.12. The van der Waals surface area contributed by atoms with Crippen molar-refractivity contribution >= 4 is 0 Å². The summed E-state index contributed by atoms with van der Waals surface area (Å²) in [5, 5.41) is 0. The first-order valence-electron chi connectivity index (χ1n) is 6.48. The summed E-state index contributed by atoms with van der Waals surface area (Å²) in [7, 11) is 0. The van der Waals surface area contributed by atoms with Crippen LogP contribution < -0.4 is 0 Å². The van der Waals surface area contributed by atoms with Gasteiger partial charge in [-0.05, 0) is 54.7 Å². The van der Waals surface area contributed by atoms with Crippen molar-refractivity contribution < 1.29 is 8.78 Å². The van der Waals surface area contributed by atoms with Crippen molar-refractivity contribution in [1.29, 1.82) is 0 Å². The van der Waals surface area contributed by atoms with E-state index in [9.17, 15) is 8.78 Å². The standard InChI is InChI=1S/C18H16F2/c1-4-15(16-9-17(19)11-18(20)10-16)8-14-6-5-12(2)13(3)7-14/h1,5-7,9-11,15H,8H2,2-3H3. The predicted molar refractivity (Wildman–Crippen MR) is 77.6 cm³/mol. The third kappa shape index (κ3) is 3.24. The Balaban J connectivity index is 2.29. The smallest absolute Gasteiger partial charge is 0.126 e. The van der Waals surface area contributed by atoms with Crippen molar-refractivity contribution in [2.24, 2.45) is 0 Å². The monoisotopic (exact) mass is 270 g/mol. The van der Waals surface area contributed by atoms with E-state index in [0.29, 0.717) is 12.0 Å². The lowest BCUT2D eigenvalue weighted by atomic mass is 9.91. The zero-order chi connectivity index (χ0) is 14.7. The Morgan fingerprint density at radius 2 is 1.65 bits per heavy atom. The van der Waals surface area contributed by atoms with E-state index in [1.165, 1.54) is 23.3 Å². The highest BCUT2D eigenvalue weighted by atomic mass is 19.1. The second-order valence-electron chi connectivity index (χ2n) is 5.04. The molecule has 0 spiro atoms. The Morgan fingerprint density at radius 1 is 1.00 bits per heavy atom. The van der Waals surface area contributed by atoms with Crippen LogP contribution in [0.25, 0.3) is 0 Å². The second kappa shape index (κ2) is 5.88. The molecule has 0 heterocycles. The number of hydrogen-bond donors (Lipinski definition) is 0. The molecule has 2 aromatic rings. The van der Waals surface area contributed by atoms with Gasteiger partial charge in [-0.25, -0.2) is 8.78 Å². The van der Waals surface area contributed by atoms with E-state index >= 15 is 0 Å². The van der Waals surface area contributed by atoms with Crippen molar-refractivity contribution in [1.82, 2.24) is 0 Å². The molecule has 1 unspecified atom stereocenters. The fraction of sp³-hybridized carbons (Fsp3) is 0.222. The normalized spacial score (nSPS) is 11.9. The zero-order valence-electron chi connectivity index (χ0n) is 11.6. The van der Waals surface area contributed by atoms with Gasteiger partial charge in [0, 0.05) is 12.0 Å². The SMILES string of the molecule is C#CC(Cc1ccc(C)c(C)c1)c1cc(F)cc(F)c1. The van der Waals surface area contributed by atoms with Crippen LogP contribution in [-0.4, -0.2) is 0 Å². The third-order valence-electron chi connectivity index (χ3n) is 3.50. The van der Waals surface area contributed by atoms with Gasteiger partial charge >= 0.3 is 0 Å². The molecule has 0 bridgehead atoms. The van der Waals surface area contributed by atoms with Crippen LogP contribution in [0.2, 0.25) is 0 Å². The van der Waals surface area contributed by atoms with Crippen molar-refractivity contribution in [2.45, 2.75) is 26.2 Å². The molecule has 1 atom stereocenters. The summed E-state index contributed by atoms with van der Waals surface area (Å²) in [6, 6.07) is 9.55. The maximum Gasteiger partial charge on any atom is 0.126 e. The van der Waals surface area contributed by atoms with E-state index in [-0.39, 0.29) is 5.92 Å². The Morgan fingerprint density at radius 3 is 2.20 bits per heavy atom. The maximum absolute atomic E-state index is 13.3. The van der Waals surface area contributed by atoms with Gasteiger partial charge in [0.2, 0.25) is 0 Å². The zero-order valence-corrected chi connectivity index (χ0v) is 11.6. The molecule has 0 radical (unpaired) electrons. The summed E-state index contributed by atoms with van der Waals surface area (Å²) < 4.78 is 26.5. The molecule has 2 rings (SSSR count). The molecule has 102 valence electrons. The Bertz CT molecular complexity index is 645. The van der Waals surface area contributed by atoms with Crippen molar-refractivity contribution in [3.05, 3.63) is 70.3 Å². The lowest BCUT2D eigenvalue weighted by molar-refractivity contribution is 0.577. The topological polar surface area (TPSA) is 0 Å². The van der Waals surface area contributed by atoms with E-state index in [1.807, 2.05) is 26.0 Å². The van der Waals surface area contributed by atoms with Crippen LogP contribution in [-0.2, 0) is 6.42 Å². The van der Waals surface area contributed by atoms with Gasteiger partial charge in [0.05, 0.1) is 0 Å². The molecule has 0 aliphatic rings. The molecule has 0 aliphatic heterocycles. The number of terminal acetylenes is 1. The summed E-state index contributed by atoms with van der Waals surface area (Å²) in [6.07, 6.45) is 6.10. The predicted octanol–water partition coefficient (Wildman–Crippen LogP) is 4.54. The fourth-order valence-electron chi connectivity index (χ4n) is 2.22. The number of hydrogen-bond acceptors (Lipinski definition) is 0. The minimum atomic E-state index is -0.597.